The van der Waals surface area contributed by atoms with Gasteiger partial charge in [-0.3, -0.25) is 0 Å². The van der Waals surface area contributed by atoms with Crippen LogP contribution in [0.5, 0.6) is 0 Å². The molecule has 3 aliphatic carbocycles. The third-order valence-corrected chi connectivity index (χ3v) is 11.1. The van der Waals surface area contributed by atoms with E-state index in [-0.39, 0.29) is 17.4 Å². The zero-order valence-corrected chi connectivity index (χ0v) is 22.2. The van der Waals surface area contributed by atoms with Gasteiger partial charge in [-0.15, -0.1) is 11.6 Å². The van der Waals surface area contributed by atoms with Crippen LogP contribution in [-0.4, -0.2) is 68.5 Å². The highest BCUT2D eigenvalue weighted by Crippen LogP contribution is 2.71. The number of hydrogen-bond donors (Lipinski definition) is 2. The minimum Gasteiger partial charge on any atom is -0.441 e. The fraction of sp³-hybridized carbons (Fsp3) is 0.621. The number of aliphatic hydroxyl groups excluding tert-OH is 2. The second-order valence-corrected chi connectivity index (χ2v) is 13.0. The Hall–Kier alpha value is -1.70. The molecule has 0 radical (unpaired) electrons. The Balaban J connectivity index is 1.30. The number of aromatic nitrogens is 1. The molecule has 7 rings (SSSR count). The number of rotatable bonds is 2. The molecule has 2 aliphatic heterocycles. The number of fused-ring (bicyclic) bond motifs is 2. The molecule has 2 bridgehead atoms. The lowest BCUT2D eigenvalue weighted by atomic mass is 9.54. The van der Waals surface area contributed by atoms with Crippen LogP contribution in [0.15, 0.2) is 40.3 Å². The van der Waals surface area contributed by atoms with Crippen molar-refractivity contribution in [2.24, 2.45) is 11.3 Å². The lowest BCUT2D eigenvalue weighted by Gasteiger charge is -2.61. The Morgan fingerprint density at radius 1 is 1.14 bits per heavy atom. The van der Waals surface area contributed by atoms with Crippen LogP contribution in [0.2, 0.25) is 0 Å². The zero-order valence-electron chi connectivity index (χ0n) is 21.4. The predicted octanol–water partition coefficient (Wildman–Crippen LogP) is 4.60. The van der Waals surface area contributed by atoms with Crippen LogP contribution in [-0.2, 0) is 4.74 Å². The van der Waals surface area contributed by atoms with Crippen LogP contribution in [0.1, 0.15) is 56.9 Å². The van der Waals surface area contributed by atoms with Gasteiger partial charge in [0.2, 0.25) is 0 Å². The number of aliphatic hydroxyl groups is 2. The van der Waals surface area contributed by atoms with Gasteiger partial charge in [0.25, 0.3) is 0 Å². The molecule has 2 N–H and O–H groups in total. The average molecular weight is 511 g/mol. The van der Waals surface area contributed by atoms with E-state index >= 15 is 0 Å². The largest absolute Gasteiger partial charge is 0.441 e. The van der Waals surface area contributed by atoms with Gasteiger partial charge in [-0.1, -0.05) is 25.1 Å². The molecule has 7 heteroatoms. The second-order valence-electron chi connectivity index (χ2n) is 12.4. The van der Waals surface area contributed by atoms with E-state index in [0.717, 1.165) is 48.8 Å². The third-order valence-electron chi connectivity index (χ3n) is 10.4. The molecule has 0 amide bonds. The van der Waals surface area contributed by atoms with Gasteiger partial charge in [0.15, 0.2) is 11.5 Å². The van der Waals surface area contributed by atoms with Crippen molar-refractivity contribution < 1.29 is 19.4 Å². The number of likely N-dealkylation sites (N-methyl/N-ethyl adjacent to an activating group) is 1. The molecule has 3 heterocycles. The molecule has 8 atom stereocenters. The fourth-order valence-corrected chi connectivity index (χ4v) is 9.12. The quantitative estimate of drug-likeness (QED) is 0.454. The van der Waals surface area contributed by atoms with E-state index in [1.807, 2.05) is 32.0 Å². The van der Waals surface area contributed by atoms with Gasteiger partial charge in [0, 0.05) is 18.9 Å². The highest BCUT2D eigenvalue weighted by atomic mass is 35.5. The lowest BCUT2D eigenvalue weighted by molar-refractivity contribution is -0.199. The van der Waals surface area contributed by atoms with Gasteiger partial charge in [-0.2, -0.15) is 0 Å². The molecule has 1 aromatic carbocycles. The number of oxazole rings is 1. The van der Waals surface area contributed by atoms with Gasteiger partial charge in [0.1, 0.15) is 11.6 Å². The van der Waals surface area contributed by atoms with E-state index in [2.05, 4.69) is 36.2 Å². The van der Waals surface area contributed by atoms with E-state index in [1.165, 1.54) is 11.1 Å². The maximum atomic E-state index is 11.2. The lowest BCUT2D eigenvalue weighted by Crippen LogP contribution is -2.68. The summed E-state index contributed by atoms with van der Waals surface area (Å²) in [6.07, 6.45) is 7.68. The molecule has 8 unspecified atom stereocenters. The van der Waals surface area contributed by atoms with Crippen molar-refractivity contribution in [3.63, 3.8) is 0 Å². The first-order chi connectivity index (χ1) is 17.0. The van der Waals surface area contributed by atoms with Crippen molar-refractivity contribution >= 4 is 28.3 Å². The first-order valence-electron chi connectivity index (χ1n) is 13.3. The Morgan fingerprint density at radius 3 is 2.72 bits per heavy atom. The van der Waals surface area contributed by atoms with Gasteiger partial charge >= 0.3 is 0 Å². The molecule has 2 spiro atoms. The SMILES string of the molecule is Cc1nc2cc(C3=CCC4C3(C)CCC3(Cl)C=C5C(O)C(O)C(N(C)C)CC56CCC43O6)ccc2o1. The number of alkyl halides is 1. The number of benzene rings is 1. The Bertz CT molecular complexity index is 1330. The van der Waals surface area contributed by atoms with Crippen LogP contribution in [0.25, 0.3) is 16.7 Å². The Morgan fingerprint density at radius 2 is 1.94 bits per heavy atom. The molecule has 3 fully saturated rings. The Kier molecular flexibility index (Phi) is 4.71. The molecule has 2 aromatic rings. The Labute approximate surface area is 217 Å². The van der Waals surface area contributed by atoms with Crippen molar-refractivity contribution in [3.8, 4) is 0 Å². The topological polar surface area (TPSA) is 79.0 Å². The number of aryl methyl sites for hydroxylation is 1. The molecular formula is C29H35ClN2O4. The molecule has 192 valence electrons. The summed E-state index contributed by atoms with van der Waals surface area (Å²) in [6.45, 7) is 4.27. The van der Waals surface area contributed by atoms with Gasteiger partial charge < -0.3 is 24.3 Å². The average Bonchev–Trinajstić information content (AvgIpc) is 3.49. The minimum atomic E-state index is -0.957. The van der Waals surface area contributed by atoms with Crippen LogP contribution in [0, 0.1) is 18.3 Å². The molecule has 1 saturated heterocycles. The molecule has 36 heavy (non-hydrogen) atoms. The van der Waals surface area contributed by atoms with Crippen LogP contribution in [0.3, 0.4) is 0 Å². The number of ether oxygens (including phenoxy) is 1. The maximum absolute atomic E-state index is 11.2. The summed E-state index contributed by atoms with van der Waals surface area (Å²) in [5.74, 6) is 0.917. The van der Waals surface area contributed by atoms with E-state index in [1.54, 1.807) is 0 Å². The van der Waals surface area contributed by atoms with E-state index in [0.29, 0.717) is 12.3 Å². The summed E-state index contributed by atoms with van der Waals surface area (Å²) in [5.41, 5.74) is 3.92. The first kappa shape index (κ1) is 23.4. The zero-order chi connectivity index (χ0) is 25.3. The molecule has 6 nitrogen and oxygen atoms in total. The highest BCUT2D eigenvalue weighted by Gasteiger charge is 2.73. The fourth-order valence-electron chi connectivity index (χ4n) is 8.64. The number of halogens is 1. The maximum Gasteiger partial charge on any atom is 0.192 e. The summed E-state index contributed by atoms with van der Waals surface area (Å²) < 4.78 is 13.0. The molecule has 2 saturated carbocycles. The monoisotopic (exact) mass is 510 g/mol. The van der Waals surface area contributed by atoms with E-state index in [9.17, 15) is 10.2 Å². The number of nitrogens with zero attached hydrogens (tertiary/aromatic N) is 2. The standard InChI is InChI=1S/C29H35ClN2O4/c1-16-31-20-13-17(5-7-22(20)35-16)18-6-8-23-26(18,2)9-11-28(30)14-19-24(33)25(34)21(32(3)4)15-27(19)10-12-29(23,28)36-27/h5-7,13-14,21,23-25,33-34H,8-12,15H2,1-4H3. The van der Waals surface area contributed by atoms with E-state index < -0.39 is 28.3 Å². The number of hydrogen-bond acceptors (Lipinski definition) is 6. The smallest absolute Gasteiger partial charge is 0.192 e. The third kappa shape index (κ3) is 2.75. The summed E-state index contributed by atoms with van der Waals surface area (Å²) in [5, 5.41) is 22.1. The van der Waals surface area contributed by atoms with Gasteiger partial charge in [-0.25, -0.2) is 4.98 Å². The van der Waals surface area contributed by atoms with Crippen molar-refractivity contribution in [1.29, 1.82) is 0 Å². The first-order valence-corrected chi connectivity index (χ1v) is 13.6. The van der Waals surface area contributed by atoms with E-state index in [4.69, 9.17) is 20.8 Å². The number of allylic oxidation sites excluding steroid dienone is 2. The van der Waals surface area contributed by atoms with Crippen molar-refractivity contribution in [2.45, 2.75) is 86.7 Å². The summed E-state index contributed by atoms with van der Waals surface area (Å²) in [4.78, 5) is 5.89. The summed E-state index contributed by atoms with van der Waals surface area (Å²) >= 11 is 7.54. The summed E-state index contributed by atoms with van der Waals surface area (Å²) in [7, 11) is 3.92. The molecule has 1 aromatic heterocycles. The summed E-state index contributed by atoms with van der Waals surface area (Å²) in [6, 6.07) is 6.17. The highest BCUT2D eigenvalue weighted by molar-refractivity contribution is 6.26. The van der Waals surface area contributed by atoms with Crippen molar-refractivity contribution in [3.05, 3.63) is 47.4 Å². The minimum absolute atomic E-state index is 0.0739. The van der Waals surface area contributed by atoms with Crippen LogP contribution >= 0.6 is 11.6 Å². The normalized spacial score (nSPS) is 45.3. The van der Waals surface area contributed by atoms with Crippen LogP contribution < -0.4 is 0 Å². The van der Waals surface area contributed by atoms with Gasteiger partial charge in [0.05, 0.1) is 22.2 Å². The molecular weight excluding hydrogens is 476 g/mol. The van der Waals surface area contributed by atoms with Gasteiger partial charge in [-0.05, 0) is 86.9 Å². The van der Waals surface area contributed by atoms with Crippen molar-refractivity contribution in [2.75, 3.05) is 14.1 Å². The predicted molar refractivity (Wildman–Crippen MR) is 139 cm³/mol. The van der Waals surface area contributed by atoms with Crippen molar-refractivity contribution in [1.82, 2.24) is 9.88 Å². The van der Waals surface area contributed by atoms with Crippen LogP contribution in [0.4, 0.5) is 0 Å². The second kappa shape index (κ2) is 7.23. The molecule has 5 aliphatic rings.